The number of rotatable bonds is 4. The number of anilines is 2. The molecule has 6 nitrogen and oxygen atoms in total. The van der Waals surface area contributed by atoms with Crippen molar-refractivity contribution in [2.24, 2.45) is 0 Å². The van der Waals surface area contributed by atoms with Crippen molar-refractivity contribution >= 4 is 29.4 Å². The third-order valence-corrected chi connectivity index (χ3v) is 3.27. The van der Waals surface area contributed by atoms with Crippen molar-refractivity contribution in [1.82, 2.24) is 5.32 Å². The van der Waals surface area contributed by atoms with Crippen molar-refractivity contribution in [3.05, 3.63) is 60.3 Å². The van der Waals surface area contributed by atoms with E-state index < -0.39 is 11.9 Å². The van der Waals surface area contributed by atoms with Gasteiger partial charge in [-0.2, -0.15) is 0 Å². The topological polar surface area (TPSA) is 84.7 Å². The van der Waals surface area contributed by atoms with Crippen LogP contribution in [0.3, 0.4) is 0 Å². The number of amides is 3. The Balaban J connectivity index is 2.06. The molecule has 0 spiro atoms. The highest BCUT2D eigenvalue weighted by Gasteiger charge is 2.18. The summed E-state index contributed by atoms with van der Waals surface area (Å²) in [5.74, 6) is 0.359. The van der Waals surface area contributed by atoms with E-state index in [1.807, 2.05) is 24.3 Å². The number of nitrogens with zero attached hydrogens (tertiary/aromatic N) is 1. The van der Waals surface area contributed by atoms with Crippen LogP contribution < -0.4 is 20.7 Å². The fourth-order valence-corrected chi connectivity index (χ4v) is 2.05. The summed E-state index contributed by atoms with van der Waals surface area (Å²) in [6.45, 7) is 1.32. The summed E-state index contributed by atoms with van der Waals surface area (Å²) < 4.78 is 5.08. The van der Waals surface area contributed by atoms with Crippen molar-refractivity contribution in [3.63, 3.8) is 0 Å². The zero-order valence-corrected chi connectivity index (χ0v) is 13.5. The van der Waals surface area contributed by atoms with Gasteiger partial charge in [0.1, 0.15) is 5.75 Å². The van der Waals surface area contributed by atoms with E-state index in [1.54, 1.807) is 37.5 Å². The van der Waals surface area contributed by atoms with Crippen molar-refractivity contribution < 1.29 is 14.3 Å². The van der Waals surface area contributed by atoms with Gasteiger partial charge < -0.3 is 15.8 Å². The van der Waals surface area contributed by atoms with E-state index in [0.717, 1.165) is 16.2 Å². The molecule has 2 aromatic rings. The summed E-state index contributed by atoms with van der Waals surface area (Å²) >= 11 is 0. The van der Waals surface area contributed by atoms with Crippen LogP contribution in [0.4, 0.5) is 16.2 Å². The number of hydrogen-bond acceptors (Lipinski definition) is 4. The van der Waals surface area contributed by atoms with E-state index in [0.29, 0.717) is 11.4 Å². The molecule has 124 valence electrons. The quantitative estimate of drug-likeness (QED) is 0.846. The van der Waals surface area contributed by atoms with Gasteiger partial charge in [0.05, 0.1) is 12.8 Å². The lowest BCUT2D eigenvalue weighted by molar-refractivity contribution is -0.115. The van der Waals surface area contributed by atoms with Gasteiger partial charge >= 0.3 is 6.03 Å². The largest absolute Gasteiger partial charge is 0.497 e. The zero-order chi connectivity index (χ0) is 17.5. The highest BCUT2D eigenvalue weighted by Crippen LogP contribution is 2.17. The van der Waals surface area contributed by atoms with Crippen molar-refractivity contribution in [2.45, 2.75) is 6.92 Å². The molecule has 3 amide bonds. The summed E-state index contributed by atoms with van der Waals surface area (Å²) in [7, 11) is 1.60. The predicted molar refractivity (Wildman–Crippen MR) is 94.6 cm³/mol. The second kappa shape index (κ2) is 7.82. The maximum absolute atomic E-state index is 12.3. The monoisotopic (exact) mass is 325 g/mol. The van der Waals surface area contributed by atoms with Gasteiger partial charge in [-0.05, 0) is 48.0 Å². The van der Waals surface area contributed by atoms with Crippen LogP contribution in [0.2, 0.25) is 0 Å². The smallest absolute Gasteiger partial charge is 0.332 e. The van der Waals surface area contributed by atoms with E-state index in [2.05, 4.69) is 5.32 Å². The molecule has 0 atom stereocenters. The van der Waals surface area contributed by atoms with Crippen molar-refractivity contribution in [3.8, 4) is 5.75 Å². The first-order valence-corrected chi connectivity index (χ1v) is 7.28. The summed E-state index contributed by atoms with van der Waals surface area (Å²) in [5, 5.41) is 2.58. The molecule has 2 rings (SSSR count). The highest BCUT2D eigenvalue weighted by atomic mass is 16.5. The summed E-state index contributed by atoms with van der Waals surface area (Å²) in [6, 6.07) is 13.3. The van der Waals surface area contributed by atoms with Gasteiger partial charge in [0.15, 0.2) is 0 Å². The standard InChI is InChI=1S/C18H19N3O3/c1-13(22)21(16-7-5-15(19)6-8-16)18(23)20-12-11-14-3-9-17(24-2)10-4-14/h3-12H,19H2,1-2H3,(H,20,23)/b12-11+. The zero-order valence-electron chi connectivity index (χ0n) is 13.5. The molecule has 0 aliphatic carbocycles. The molecule has 0 heterocycles. The SMILES string of the molecule is COc1ccc(/C=C/NC(=O)N(C(C)=O)c2ccc(N)cc2)cc1. The Morgan fingerprint density at radius 3 is 2.25 bits per heavy atom. The maximum atomic E-state index is 12.3. The molecule has 0 bridgehead atoms. The summed E-state index contributed by atoms with van der Waals surface area (Å²) in [4.78, 5) is 25.1. The molecule has 0 aliphatic rings. The number of imide groups is 1. The Kier molecular flexibility index (Phi) is 5.57. The van der Waals surface area contributed by atoms with E-state index >= 15 is 0 Å². The molecule has 2 aromatic carbocycles. The van der Waals surface area contributed by atoms with Crippen LogP contribution in [0.25, 0.3) is 6.08 Å². The second-order valence-corrected chi connectivity index (χ2v) is 5.00. The number of carbonyl (C=O) groups excluding carboxylic acids is 2. The number of methoxy groups -OCH3 is 1. The molecule has 3 N–H and O–H groups in total. The minimum atomic E-state index is -0.544. The number of nitrogens with one attached hydrogen (secondary N) is 1. The van der Waals surface area contributed by atoms with Crippen LogP contribution in [-0.4, -0.2) is 19.0 Å². The molecule has 0 unspecified atom stereocenters. The number of hydrogen-bond donors (Lipinski definition) is 2. The maximum Gasteiger partial charge on any atom is 0.332 e. The second-order valence-electron chi connectivity index (χ2n) is 5.00. The first-order valence-electron chi connectivity index (χ1n) is 7.28. The predicted octanol–water partition coefficient (Wildman–Crippen LogP) is 3.01. The number of nitrogens with two attached hydrogens (primary N) is 1. The first kappa shape index (κ1) is 17.1. The van der Waals surface area contributed by atoms with Crippen LogP contribution in [0.1, 0.15) is 12.5 Å². The molecular formula is C18H19N3O3. The van der Waals surface area contributed by atoms with Crippen LogP contribution in [-0.2, 0) is 4.79 Å². The Labute approximate surface area is 140 Å². The molecule has 0 aromatic heterocycles. The van der Waals surface area contributed by atoms with E-state index in [4.69, 9.17) is 10.5 Å². The molecule has 0 fully saturated rings. The molecule has 0 saturated carbocycles. The van der Waals surface area contributed by atoms with E-state index in [9.17, 15) is 9.59 Å². The third kappa shape index (κ3) is 4.36. The van der Waals surface area contributed by atoms with Gasteiger partial charge in [-0.15, -0.1) is 0 Å². The number of urea groups is 1. The van der Waals surface area contributed by atoms with Gasteiger partial charge in [-0.1, -0.05) is 12.1 Å². The van der Waals surface area contributed by atoms with Gasteiger partial charge in [-0.3, -0.25) is 4.79 Å². The van der Waals surface area contributed by atoms with Crippen LogP contribution in [0.15, 0.2) is 54.7 Å². The average Bonchev–Trinajstić information content (AvgIpc) is 2.57. The molecular weight excluding hydrogens is 306 g/mol. The summed E-state index contributed by atoms with van der Waals surface area (Å²) in [6.07, 6.45) is 3.20. The molecule has 0 saturated heterocycles. The van der Waals surface area contributed by atoms with E-state index in [1.165, 1.54) is 13.1 Å². The average molecular weight is 325 g/mol. The summed E-state index contributed by atoms with van der Waals surface area (Å²) in [5.41, 5.74) is 7.52. The minimum Gasteiger partial charge on any atom is -0.497 e. The van der Waals surface area contributed by atoms with Gasteiger partial charge in [0, 0.05) is 18.8 Å². The number of carbonyl (C=O) groups is 2. The molecule has 24 heavy (non-hydrogen) atoms. The fourth-order valence-electron chi connectivity index (χ4n) is 2.05. The molecule has 0 aliphatic heterocycles. The normalized spacial score (nSPS) is 10.4. The Morgan fingerprint density at radius 2 is 1.71 bits per heavy atom. The molecule has 0 radical (unpaired) electrons. The lowest BCUT2D eigenvalue weighted by Crippen LogP contribution is -2.40. The van der Waals surface area contributed by atoms with Crippen LogP contribution in [0, 0.1) is 0 Å². The van der Waals surface area contributed by atoms with Crippen LogP contribution >= 0.6 is 0 Å². The van der Waals surface area contributed by atoms with Crippen molar-refractivity contribution in [2.75, 3.05) is 17.7 Å². The number of benzene rings is 2. The van der Waals surface area contributed by atoms with Crippen LogP contribution in [0.5, 0.6) is 5.75 Å². The number of nitrogen functional groups attached to an aromatic ring is 1. The van der Waals surface area contributed by atoms with Gasteiger partial charge in [0.2, 0.25) is 5.91 Å². The van der Waals surface area contributed by atoms with E-state index in [-0.39, 0.29) is 0 Å². The third-order valence-electron chi connectivity index (χ3n) is 3.27. The minimum absolute atomic E-state index is 0.393. The number of ether oxygens (including phenoxy) is 1. The molecule has 6 heteroatoms. The fraction of sp³-hybridized carbons (Fsp3) is 0.111. The highest BCUT2D eigenvalue weighted by molar-refractivity contribution is 6.13. The van der Waals surface area contributed by atoms with Gasteiger partial charge in [0.25, 0.3) is 0 Å². The van der Waals surface area contributed by atoms with Crippen molar-refractivity contribution in [1.29, 1.82) is 0 Å². The lowest BCUT2D eigenvalue weighted by Gasteiger charge is -2.18. The Morgan fingerprint density at radius 1 is 1.08 bits per heavy atom. The lowest BCUT2D eigenvalue weighted by atomic mass is 10.2. The Bertz CT molecular complexity index is 737. The first-order chi connectivity index (χ1) is 11.5. The Hall–Kier alpha value is -3.28. The van der Waals surface area contributed by atoms with Gasteiger partial charge in [-0.25, -0.2) is 9.69 Å².